The molecule has 0 fully saturated rings. The highest BCUT2D eigenvalue weighted by Crippen LogP contribution is 2.23. The van der Waals surface area contributed by atoms with Gasteiger partial charge < -0.3 is 9.84 Å². The molecule has 0 bridgehead atoms. The van der Waals surface area contributed by atoms with Crippen LogP contribution in [0.2, 0.25) is 0 Å². The van der Waals surface area contributed by atoms with Crippen LogP contribution in [0.4, 0.5) is 10.1 Å². The van der Waals surface area contributed by atoms with Crippen molar-refractivity contribution in [3.63, 3.8) is 0 Å². The van der Waals surface area contributed by atoms with Crippen molar-refractivity contribution in [1.29, 1.82) is 0 Å². The summed E-state index contributed by atoms with van der Waals surface area (Å²) in [4.78, 5) is 20.0. The van der Waals surface area contributed by atoms with E-state index in [1.165, 1.54) is 13.0 Å². The van der Waals surface area contributed by atoms with Gasteiger partial charge in [-0.2, -0.15) is 4.39 Å². The molecule has 0 aromatic heterocycles. The van der Waals surface area contributed by atoms with Crippen molar-refractivity contribution in [2.45, 2.75) is 13.3 Å². The highest BCUT2D eigenvalue weighted by molar-refractivity contribution is 5.71. The fourth-order valence-electron chi connectivity index (χ4n) is 1.08. The van der Waals surface area contributed by atoms with Crippen LogP contribution in [0.1, 0.15) is 5.56 Å². The number of halogens is 1. The van der Waals surface area contributed by atoms with E-state index in [4.69, 9.17) is 5.11 Å². The van der Waals surface area contributed by atoms with Gasteiger partial charge in [-0.3, -0.25) is 10.1 Å². The molecule has 1 unspecified atom stereocenters. The second kappa shape index (κ2) is 4.56. The van der Waals surface area contributed by atoms with E-state index >= 15 is 0 Å². The third kappa shape index (κ3) is 2.66. The highest BCUT2D eigenvalue weighted by atomic mass is 19.1. The first-order valence-electron chi connectivity index (χ1n) is 4.20. The van der Waals surface area contributed by atoms with Crippen LogP contribution < -0.4 is 4.74 Å². The van der Waals surface area contributed by atoms with Gasteiger partial charge in [-0.05, 0) is 19.1 Å². The lowest BCUT2D eigenvalue weighted by atomic mass is 10.2. The molecule has 0 spiro atoms. The van der Waals surface area contributed by atoms with E-state index in [1.54, 1.807) is 0 Å². The zero-order valence-corrected chi connectivity index (χ0v) is 8.21. The smallest absolute Gasteiger partial charge is 0.378 e. The lowest BCUT2D eigenvalue weighted by Gasteiger charge is -2.07. The monoisotopic (exact) mass is 229 g/mol. The molecule has 0 radical (unpaired) electrons. The molecule has 7 heteroatoms. The Morgan fingerprint density at radius 3 is 2.69 bits per heavy atom. The third-order valence-corrected chi connectivity index (χ3v) is 1.80. The largest absolute Gasteiger partial charge is 0.476 e. The molecule has 0 aliphatic carbocycles. The summed E-state index contributed by atoms with van der Waals surface area (Å²) < 4.78 is 17.0. The summed E-state index contributed by atoms with van der Waals surface area (Å²) in [5.74, 6) is -1.82. The topological polar surface area (TPSA) is 89.7 Å². The van der Waals surface area contributed by atoms with E-state index in [0.717, 1.165) is 12.1 Å². The van der Waals surface area contributed by atoms with Gasteiger partial charge in [-0.25, -0.2) is 4.79 Å². The van der Waals surface area contributed by atoms with Crippen molar-refractivity contribution in [3.05, 3.63) is 33.9 Å². The molecule has 0 saturated carbocycles. The number of nitrogens with zero attached hydrogens (tertiary/aromatic N) is 1. The number of hydrogen-bond donors (Lipinski definition) is 1. The number of ether oxygens (including phenoxy) is 1. The first-order chi connectivity index (χ1) is 7.41. The molecular formula is C9H8FNO5. The van der Waals surface area contributed by atoms with Crippen LogP contribution in [-0.4, -0.2) is 22.4 Å². The molecular weight excluding hydrogens is 221 g/mol. The van der Waals surface area contributed by atoms with E-state index in [1.807, 2.05) is 0 Å². The van der Waals surface area contributed by atoms with Gasteiger partial charge >= 0.3 is 12.3 Å². The molecule has 0 amide bonds. The van der Waals surface area contributed by atoms with Crippen molar-refractivity contribution in [2.24, 2.45) is 0 Å². The van der Waals surface area contributed by atoms with Crippen LogP contribution in [0.3, 0.4) is 0 Å². The maximum Gasteiger partial charge on any atom is 0.378 e. The molecule has 1 rings (SSSR count). The minimum atomic E-state index is -2.49. The lowest BCUT2D eigenvalue weighted by Crippen LogP contribution is -2.21. The summed E-state index contributed by atoms with van der Waals surface area (Å²) in [5, 5.41) is 18.7. The van der Waals surface area contributed by atoms with Gasteiger partial charge in [0.05, 0.1) is 4.92 Å². The molecule has 1 aromatic rings. The number of carboxylic acid groups (broad SMARTS) is 1. The van der Waals surface area contributed by atoms with E-state index in [-0.39, 0.29) is 17.0 Å². The SMILES string of the molecule is Cc1cc(OC(F)C(=O)O)ccc1[N+](=O)[O-]. The Labute approximate surface area is 89.4 Å². The Balaban J connectivity index is 2.89. The van der Waals surface area contributed by atoms with Gasteiger partial charge in [-0.15, -0.1) is 0 Å². The van der Waals surface area contributed by atoms with E-state index in [9.17, 15) is 19.3 Å². The number of alkyl halides is 1. The van der Waals surface area contributed by atoms with Crippen LogP contribution >= 0.6 is 0 Å². The van der Waals surface area contributed by atoms with Crippen LogP contribution in [0.25, 0.3) is 0 Å². The number of aryl methyl sites for hydroxylation is 1. The normalized spacial score (nSPS) is 11.9. The van der Waals surface area contributed by atoms with Crippen molar-refractivity contribution >= 4 is 11.7 Å². The first-order valence-corrected chi connectivity index (χ1v) is 4.20. The Morgan fingerprint density at radius 2 is 2.25 bits per heavy atom. The second-order valence-corrected chi connectivity index (χ2v) is 2.98. The van der Waals surface area contributed by atoms with Crippen LogP contribution in [0, 0.1) is 17.0 Å². The van der Waals surface area contributed by atoms with Gasteiger partial charge in [0.1, 0.15) is 5.75 Å². The van der Waals surface area contributed by atoms with Gasteiger partial charge in [-0.1, -0.05) is 0 Å². The van der Waals surface area contributed by atoms with Crippen molar-refractivity contribution in [2.75, 3.05) is 0 Å². The van der Waals surface area contributed by atoms with Crippen molar-refractivity contribution in [3.8, 4) is 5.75 Å². The first kappa shape index (κ1) is 11.9. The fourth-order valence-corrected chi connectivity index (χ4v) is 1.08. The third-order valence-electron chi connectivity index (χ3n) is 1.80. The van der Waals surface area contributed by atoms with Gasteiger partial charge in [0.15, 0.2) is 0 Å². The zero-order valence-electron chi connectivity index (χ0n) is 8.21. The average molecular weight is 229 g/mol. The molecule has 0 aliphatic heterocycles. The number of nitro benzene ring substituents is 1. The maximum absolute atomic E-state index is 12.6. The summed E-state index contributed by atoms with van der Waals surface area (Å²) in [7, 11) is 0. The number of hydrogen-bond acceptors (Lipinski definition) is 4. The number of benzene rings is 1. The Kier molecular flexibility index (Phi) is 3.39. The summed E-state index contributed by atoms with van der Waals surface area (Å²) in [6.07, 6.45) is -2.49. The van der Waals surface area contributed by atoms with Crippen molar-refractivity contribution < 1.29 is 24.0 Å². The fraction of sp³-hybridized carbons (Fsp3) is 0.222. The number of rotatable bonds is 4. The predicted octanol–water partition coefficient (Wildman–Crippen LogP) is 1.66. The Bertz CT molecular complexity index is 434. The van der Waals surface area contributed by atoms with Crippen LogP contribution in [-0.2, 0) is 4.79 Å². The number of aliphatic carboxylic acids is 1. The van der Waals surface area contributed by atoms with E-state index < -0.39 is 17.3 Å². The summed E-state index contributed by atoms with van der Waals surface area (Å²) in [6, 6.07) is 3.47. The predicted molar refractivity (Wildman–Crippen MR) is 51.0 cm³/mol. The standard InChI is InChI=1S/C9H8FNO5/c1-5-4-6(16-8(10)9(12)13)2-3-7(5)11(14)15/h2-4,8H,1H3,(H,12,13). The molecule has 6 nitrogen and oxygen atoms in total. The summed E-state index contributed by atoms with van der Waals surface area (Å²) >= 11 is 0. The summed E-state index contributed by atoms with van der Waals surface area (Å²) in [5.41, 5.74) is 0.123. The number of carboxylic acids is 1. The van der Waals surface area contributed by atoms with E-state index in [0.29, 0.717) is 0 Å². The van der Waals surface area contributed by atoms with E-state index in [2.05, 4.69) is 4.74 Å². The molecule has 1 aromatic carbocycles. The number of nitro groups is 1. The lowest BCUT2D eigenvalue weighted by molar-refractivity contribution is -0.385. The molecule has 0 aliphatic rings. The highest BCUT2D eigenvalue weighted by Gasteiger charge is 2.18. The van der Waals surface area contributed by atoms with Crippen molar-refractivity contribution in [1.82, 2.24) is 0 Å². The van der Waals surface area contributed by atoms with Gasteiger partial charge in [0.2, 0.25) is 0 Å². The quantitative estimate of drug-likeness (QED) is 0.626. The molecule has 86 valence electrons. The Hall–Kier alpha value is -2.18. The molecule has 16 heavy (non-hydrogen) atoms. The molecule has 1 N–H and O–H groups in total. The zero-order chi connectivity index (χ0) is 12.3. The molecule has 0 saturated heterocycles. The minimum absolute atomic E-state index is 0.0713. The van der Waals surface area contributed by atoms with Gasteiger partial charge in [0.25, 0.3) is 5.69 Å². The minimum Gasteiger partial charge on any atom is -0.476 e. The Morgan fingerprint density at radius 1 is 1.62 bits per heavy atom. The average Bonchev–Trinajstić information content (AvgIpc) is 2.16. The second-order valence-electron chi connectivity index (χ2n) is 2.98. The maximum atomic E-state index is 12.6. The molecule has 1 atom stereocenters. The molecule has 0 heterocycles. The summed E-state index contributed by atoms with van der Waals surface area (Å²) in [6.45, 7) is 1.44. The van der Waals surface area contributed by atoms with Crippen LogP contribution in [0.15, 0.2) is 18.2 Å². The number of carbonyl (C=O) groups is 1. The van der Waals surface area contributed by atoms with Crippen LogP contribution in [0.5, 0.6) is 5.75 Å². The van der Waals surface area contributed by atoms with Gasteiger partial charge in [0, 0.05) is 11.6 Å².